The fourth-order valence-electron chi connectivity index (χ4n) is 2.97. The van der Waals surface area contributed by atoms with Gasteiger partial charge in [-0.05, 0) is 37.0 Å². The van der Waals surface area contributed by atoms with Crippen LogP contribution in [0.15, 0.2) is 0 Å². The fourth-order valence-corrected chi connectivity index (χ4v) is 2.97. The lowest BCUT2D eigenvalue weighted by atomic mass is 9.70. The molecule has 3 nitrogen and oxygen atoms in total. The highest BCUT2D eigenvalue weighted by Crippen LogP contribution is 2.38. The van der Waals surface area contributed by atoms with Crippen LogP contribution < -0.4 is 10.6 Å². The Hall–Kier alpha value is -0.570. The van der Waals surface area contributed by atoms with E-state index >= 15 is 0 Å². The van der Waals surface area contributed by atoms with Crippen molar-refractivity contribution in [1.29, 1.82) is 0 Å². The van der Waals surface area contributed by atoms with Crippen molar-refractivity contribution < 1.29 is 4.79 Å². The fraction of sp³-hybridized carbons (Fsp3) is 0.933. The van der Waals surface area contributed by atoms with Crippen molar-refractivity contribution in [3.05, 3.63) is 0 Å². The van der Waals surface area contributed by atoms with E-state index in [-0.39, 0.29) is 5.91 Å². The van der Waals surface area contributed by atoms with E-state index in [4.69, 9.17) is 0 Å². The molecule has 1 aliphatic carbocycles. The molecule has 18 heavy (non-hydrogen) atoms. The molecule has 2 N–H and O–H groups in total. The van der Waals surface area contributed by atoms with Crippen molar-refractivity contribution in [3.63, 3.8) is 0 Å². The summed E-state index contributed by atoms with van der Waals surface area (Å²) in [4.78, 5) is 11.5. The maximum atomic E-state index is 11.5. The Morgan fingerprint density at radius 1 is 1.33 bits per heavy atom. The lowest BCUT2D eigenvalue weighted by Gasteiger charge is -2.39. The summed E-state index contributed by atoms with van der Waals surface area (Å²) in [5, 5.41) is 6.47. The van der Waals surface area contributed by atoms with Gasteiger partial charge >= 0.3 is 0 Å². The van der Waals surface area contributed by atoms with E-state index in [0.29, 0.717) is 23.8 Å². The van der Waals surface area contributed by atoms with Crippen LogP contribution in [0, 0.1) is 11.3 Å². The molecule has 0 radical (unpaired) electrons. The van der Waals surface area contributed by atoms with Crippen LogP contribution in [-0.4, -0.2) is 25.0 Å². The van der Waals surface area contributed by atoms with Crippen LogP contribution in [0.3, 0.4) is 0 Å². The lowest BCUT2D eigenvalue weighted by Crippen LogP contribution is -2.42. The Morgan fingerprint density at radius 3 is 2.67 bits per heavy atom. The van der Waals surface area contributed by atoms with Crippen LogP contribution in [0.2, 0.25) is 0 Å². The molecule has 1 aliphatic rings. The molecule has 0 spiro atoms. The summed E-state index contributed by atoms with van der Waals surface area (Å²) in [6.45, 7) is 10.7. The van der Waals surface area contributed by atoms with Crippen LogP contribution in [0.25, 0.3) is 0 Å². The molecular formula is C15H30N2O. The number of amides is 1. The topological polar surface area (TPSA) is 41.1 Å². The van der Waals surface area contributed by atoms with Gasteiger partial charge in [0.2, 0.25) is 5.91 Å². The predicted molar refractivity (Wildman–Crippen MR) is 76.5 cm³/mol. The summed E-state index contributed by atoms with van der Waals surface area (Å²) < 4.78 is 0. The van der Waals surface area contributed by atoms with Crippen molar-refractivity contribution in [2.45, 2.75) is 65.8 Å². The normalized spacial score (nSPS) is 26.9. The van der Waals surface area contributed by atoms with Crippen LogP contribution in [0.4, 0.5) is 0 Å². The van der Waals surface area contributed by atoms with E-state index in [1.807, 2.05) is 0 Å². The second-order valence-electron chi connectivity index (χ2n) is 6.54. The summed E-state index contributed by atoms with van der Waals surface area (Å²) >= 11 is 0. The lowest BCUT2D eigenvalue weighted by molar-refractivity contribution is -0.121. The molecule has 0 saturated heterocycles. The minimum absolute atomic E-state index is 0.174. The molecule has 3 heteroatoms. The maximum absolute atomic E-state index is 11.5. The number of carbonyl (C=O) groups is 1. The minimum atomic E-state index is 0.174. The zero-order chi connectivity index (χ0) is 13.6. The van der Waals surface area contributed by atoms with Crippen molar-refractivity contribution >= 4 is 5.91 Å². The summed E-state index contributed by atoms with van der Waals surface area (Å²) in [6.07, 6.45) is 5.43. The first-order chi connectivity index (χ1) is 8.44. The molecule has 1 fully saturated rings. The van der Waals surface area contributed by atoms with E-state index in [1.54, 1.807) is 0 Å². The van der Waals surface area contributed by atoms with Crippen LogP contribution in [-0.2, 0) is 4.79 Å². The Balaban J connectivity index is 2.18. The van der Waals surface area contributed by atoms with E-state index < -0.39 is 0 Å². The van der Waals surface area contributed by atoms with Crippen molar-refractivity contribution in [2.24, 2.45) is 11.3 Å². The molecule has 0 aromatic heterocycles. The predicted octanol–water partition coefficient (Wildman–Crippen LogP) is 2.71. The average molecular weight is 254 g/mol. The smallest absolute Gasteiger partial charge is 0.221 e. The average Bonchev–Trinajstić information content (AvgIpc) is 2.28. The Bertz CT molecular complexity index is 263. The zero-order valence-corrected chi connectivity index (χ0v) is 12.5. The van der Waals surface area contributed by atoms with Gasteiger partial charge in [0.15, 0.2) is 0 Å². The maximum Gasteiger partial charge on any atom is 0.221 e. The Labute approximate surface area is 112 Å². The molecule has 0 aromatic rings. The van der Waals surface area contributed by atoms with Gasteiger partial charge in [-0.25, -0.2) is 0 Å². The molecule has 0 aliphatic heterocycles. The summed E-state index contributed by atoms with van der Waals surface area (Å²) in [6, 6.07) is 0.594. The van der Waals surface area contributed by atoms with Crippen molar-refractivity contribution in [3.8, 4) is 0 Å². The second kappa shape index (κ2) is 7.13. The third-order valence-corrected chi connectivity index (χ3v) is 4.02. The van der Waals surface area contributed by atoms with Gasteiger partial charge in [-0.2, -0.15) is 0 Å². The molecule has 0 aromatic carbocycles. The first-order valence-corrected chi connectivity index (χ1v) is 7.44. The van der Waals surface area contributed by atoms with Crippen LogP contribution >= 0.6 is 0 Å². The number of nitrogens with one attached hydrogen (secondary N) is 2. The van der Waals surface area contributed by atoms with Gasteiger partial charge < -0.3 is 10.6 Å². The molecular weight excluding hydrogens is 224 g/mol. The van der Waals surface area contributed by atoms with Crippen LogP contribution in [0.5, 0.6) is 0 Å². The molecule has 106 valence electrons. The first-order valence-electron chi connectivity index (χ1n) is 7.44. The van der Waals surface area contributed by atoms with Gasteiger partial charge in [0.05, 0.1) is 0 Å². The van der Waals surface area contributed by atoms with Gasteiger partial charge in [-0.1, -0.05) is 27.7 Å². The van der Waals surface area contributed by atoms with E-state index in [1.165, 1.54) is 19.3 Å². The second-order valence-corrected chi connectivity index (χ2v) is 6.54. The van der Waals surface area contributed by atoms with E-state index in [0.717, 1.165) is 19.5 Å². The van der Waals surface area contributed by atoms with Gasteiger partial charge in [-0.15, -0.1) is 0 Å². The largest absolute Gasteiger partial charge is 0.356 e. The minimum Gasteiger partial charge on any atom is -0.356 e. The monoisotopic (exact) mass is 254 g/mol. The highest BCUT2D eigenvalue weighted by Gasteiger charge is 2.31. The number of hydrogen-bond acceptors (Lipinski definition) is 2. The van der Waals surface area contributed by atoms with E-state index in [9.17, 15) is 4.79 Å². The number of hydrogen-bond donors (Lipinski definition) is 2. The molecule has 2 unspecified atom stereocenters. The zero-order valence-electron chi connectivity index (χ0n) is 12.5. The SMILES string of the molecule is CCCNC(=O)CCNC1CCC(C)(C)CC1C. The van der Waals surface area contributed by atoms with Crippen LogP contribution in [0.1, 0.15) is 59.8 Å². The number of rotatable bonds is 6. The third-order valence-electron chi connectivity index (χ3n) is 4.02. The third kappa shape index (κ3) is 5.38. The molecule has 1 saturated carbocycles. The molecule has 1 rings (SSSR count). The summed E-state index contributed by atoms with van der Waals surface area (Å²) in [5.41, 5.74) is 0.496. The molecule has 2 atom stereocenters. The Kier molecular flexibility index (Phi) is 6.13. The van der Waals surface area contributed by atoms with Crippen molar-refractivity contribution in [1.82, 2.24) is 10.6 Å². The Morgan fingerprint density at radius 2 is 2.06 bits per heavy atom. The van der Waals surface area contributed by atoms with E-state index in [2.05, 4.69) is 38.3 Å². The van der Waals surface area contributed by atoms with Gasteiger partial charge in [0, 0.05) is 25.6 Å². The highest BCUT2D eigenvalue weighted by molar-refractivity contribution is 5.75. The molecule has 0 bridgehead atoms. The van der Waals surface area contributed by atoms with Gasteiger partial charge in [0.25, 0.3) is 0 Å². The first kappa shape index (κ1) is 15.5. The molecule has 0 heterocycles. The highest BCUT2D eigenvalue weighted by atomic mass is 16.1. The quantitative estimate of drug-likeness (QED) is 0.765. The number of carbonyl (C=O) groups excluding carboxylic acids is 1. The van der Waals surface area contributed by atoms with Gasteiger partial charge in [0.1, 0.15) is 0 Å². The van der Waals surface area contributed by atoms with Gasteiger partial charge in [-0.3, -0.25) is 4.79 Å². The van der Waals surface area contributed by atoms with Crippen molar-refractivity contribution in [2.75, 3.05) is 13.1 Å². The molecule has 1 amide bonds. The summed E-state index contributed by atoms with van der Waals surface area (Å²) in [5.74, 6) is 0.889. The standard InChI is InChI=1S/C15H30N2O/c1-5-9-17-14(18)7-10-16-13-6-8-15(3,4)11-12(13)2/h12-13,16H,5-11H2,1-4H3,(H,17,18). The summed E-state index contributed by atoms with van der Waals surface area (Å²) in [7, 11) is 0.